The van der Waals surface area contributed by atoms with Crippen molar-refractivity contribution >= 4 is 23.9 Å². The lowest BCUT2D eigenvalue weighted by molar-refractivity contribution is -0.140. The summed E-state index contributed by atoms with van der Waals surface area (Å²) in [5.74, 6) is -3.54. The third kappa shape index (κ3) is 27.7. The van der Waals surface area contributed by atoms with Crippen LogP contribution in [0.5, 0.6) is 0 Å². The Morgan fingerprint density at radius 3 is 1.13 bits per heavy atom. The minimum atomic E-state index is -1.18. The van der Waals surface area contributed by atoms with E-state index in [9.17, 15) is 19.2 Å². The van der Waals surface area contributed by atoms with Gasteiger partial charge >= 0.3 is 23.9 Å². The number of rotatable bonds is 9. The van der Waals surface area contributed by atoms with Crippen molar-refractivity contribution < 1.29 is 44.7 Å². The molecule has 0 aliphatic carbocycles. The number of aliphatic hydroxyl groups excluding tert-OH is 1. The molecule has 0 unspecified atom stereocenters. The molecule has 0 fully saturated rings. The van der Waals surface area contributed by atoms with Crippen molar-refractivity contribution in [3.8, 4) is 0 Å². The lowest BCUT2D eigenvalue weighted by Crippen LogP contribution is -2.36. The van der Waals surface area contributed by atoms with Gasteiger partial charge in [0.25, 0.3) is 0 Å². The standard InChI is InChI=1S/2C6H13NO2.C3H7NO3.C3H7NO2/c1-4(2)3-5(7)6(8)9;1-3-4(2)5(7)6(8)9;4-2(1-5)3(6)7;1-2(4)3(5)6/h2*4-5H,3,7H2,1-2H3,(H,8,9);2,5H,1,4H2,(H,6,7);2H,4H2,1H3,(H,5,6)/t5-;4-,5-;2*2-/m0000/s1. The fourth-order valence-electron chi connectivity index (χ4n) is 1.18. The molecule has 186 valence electrons. The summed E-state index contributed by atoms with van der Waals surface area (Å²) in [6.07, 6.45) is 1.36. The molecule has 0 saturated carbocycles. The Hall–Kier alpha value is -2.32. The summed E-state index contributed by atoms with van der Waals surface area (Å²) >= 11 is 0. The summed E-state index contributed by atoms with van der Waals surface area (Å²) in [6.45, 7) is 8.56. The van der Waals surface area contributed by atoms with Crippen LogP contribution in [-0.2, 0) is 19.2 Å². The SMILES string of the molecule is CC(C)C[C@H](N)C(=O)O.CC[C@H](C)[C@H](N)C(=O)O.C[C@H](N)C(=O)O.N[C@@H](CO)C(=O)O. The maximum Gasteiger partial charge on any atom is 0.322 e. The van der Waals surface area contributed by atoms with E-state index in [4.69, 9.17) is 48.5 Å². The molecule has 31 heavy (non-hydrogen) atoms. The second-order valence-corrected chi connectivity index (χ2v) is 7.08. The normalized spacial score (nSPS) is 14.5. The molecule has 0 aromatic carbocycles. The third-order valence-corrected chi connectivity index (χ3v) is 3.49. The van der Waals surface area contributed by atoms with Crippen molar-refractivity contribution in [3.63, 3.8) is 0 Å². The van der Waals surface area contributed by atoms with Gasteiger partial charge in [0.15, 0.2) is 0 Å². The minimum Gasteiger partial charge on any atom is -0.480 e. The molecule has 13 nitrogen and oxygen atoms in total. The lowest BCUT2D eigenvalue weighted by Gasteiger charge is -2.11. The second kappa shape index (κ2) is 20.9. The van der Waals surface area contributed by atoms with E-state index in [0.717, 1.165) is 6.42 Å². The van der Waals surface area contributed by atoms with Gasteiger partial charge in [-0.25, -0.2) is 0 Å². The summed E-state index contributed by atoms with van der Waals surface area (Å²) in [5.41, 5.74) is 20.1. The van der Waals surface area contributed by atoms with E-state index in [0.29, 0.717) is 12.3 Å². The highest BCUT2D eigenvalue weighted by Crippen LogP contribution is 2.04. The van der Waals surface area contributed by atoms with Crippen LogP contribution in [-0.4, -0.2) is 80.2 Å². The van der Waals surface area contributed by atoms with Gasteiger partial charge in [0.05, 0.1) is 6.61 Å². The van der Waals surface area contributed by atoms with Gasteiger partial charge < -0.3 is 48.5 Å². The Bertz CT molecular complexity index is 516. The van der Waals surface area contributed by atoms with Gasteiger partial charge in [-0.15, -0.1) is 0 Å². The van der Waals surface area contributed by atoms with Gasteiger partial charge in [-0.1, -0.05) is 34.1 Å². The molecule has 13 heteroatoms. The summed E-state index contributed by atoms with van der Waals surface area (Å²) < 4.78 is 0. The van der Waals surface area contributed by atoms with E-state index in [2.05, 4.69) is 0 Å². The van der Waals surface area contributed by atoms with E-state index in [1.165, 1.54) is 6.92 Å². The van der Waals surface area contributed by atoms with Crippen molar-refractivity contribution in [2.75, 3.05) is 6.61 Å². The Kier molecular flexibility index (Phi) is 24.4. The Labute approximate surface area is 182 Å². The Morgan fingerprint density at radius 1 is 0.710 bits per heavy atom. The number of carbonyl (C=O) groups is 4. The van der Waals surface area contributed by atoms with Crippen LogP contribution < -0.4 is 22.9 Å². The number of hydrogen-bond acceptors (Lipinski definition) is 9. The molecular formula is C18H40N4O9. The van der Waals surface area contributed by atoms with Crippen molar-refractivity contribution in [2.45, 2.75) is 71.6 Å². The first kappa shape index (κ1) is 36.1. The topological polar surface area (TPSA) is 274 Å². The van der Waals surface area contributed by atoms with Crippen LogP contribution in [0.15, 0.2) is 0 Å². The summed E-state index contributed by atoms with van der Waals surface area (Å²) in [5, 5.41) is 40.4. The summed E-state index contributed by atoms with van der Waals surface area (Å²) in [6, 6.07) is -3.25. The predicted octanol–water partition coefficient (Wildman–Crippen LogP) is -1.30. The highest BCUT2D eigenvalue weighted by Gasteiger charge is 2.17. The van der Waals surface area contributed by atoms with Crippen LogP contribution in [0.2, 0.25) is 0 Å². The maximum absolute atomic E-state index is 10.2. The van der Waals surface area contributed by atoms with E-state index in [1.807, 2.05) is 27.7 Å². The van der Waals surface area contributed by atoms with Crippen LogP contribution in [0.4, 0.5) is 0 Å². The van der Waals surface area contributed by atoms with Gasteiger partial charge in [0, 0.05) is 0 Å². The van der Waals surface area contributed by atoms with Crippen molar-refractivity contribution in [2.24, 2.45) is 34.8 Å². The zero-order valence-corrected chi connectivity index (χ0v) is 18.8. The molecular weight excluding hydrogens is 416 g/mol. The molecule has 0 aliphatic rings. The Balaban J connectivity index is -0.000000159. The van der Waals surface area contributed by atoms with E-state index >= 15 is 0 Å². The number of aliphatic carboxylic acids is 4. The van der Waals surface area contributed by atoms with E-state index in [-0.39, 0.29) is 5.92 Å². The smallest absolute Gasteiger partial charge is 0.322 e. The predicted molar refractivity (Wildman–Crippen MR) is 114 cm³/mol. The first-order chi connectivity index (χ1) is 14.0. The van der Waals surface area contributed by atoms with E-state index < -0.39 is 54.7 Å². The molecule has 0 heterocycles. The highest BCUT2D eigenvalue weighted by molar-refractivity contribution is 5.74. The fourth-order valence-corrected chi connectivity index (χ4v) is 1.18. The Morgan fingerprint density at radius 2 is 1.06 bits per heavy atom. The van der Waals surface area contributed by atoms with Crippen LogP contribution >= 0.6 is 0 Å². The molecule has 0 spiro atoms. The van der Waals surface area contributed by atoms with Crippen LogP contribution in [0.25, 0.3) is 0 Å². The molecule has 0 radical (unpaired) electrons. The second-order valence-electron chi connectivity index (χ2n) is 7.08. The molecule has 5 atom stereocenters. The highest BCUT2D eigenvalue weighted by atomic mass is 16.4. The molecule has 0 aliphatic heterocycles. The number of hydrogen-bond donors (Lipinski definition) is 9. The maximum atomic E-state index is 10.2. The molecule has 0 aromatic rings. The quantitative estimate of drug-likeness (QED) is 0.195. The van der Waals surface area contributed by atoms with Gasteiger partial charge in [-0.2, -0.15) is 0 Å². The van der Waals surface area contributed by atoms with E-state index in [1.54, 1.807) is 0 Å². The minimum absolute atomic E-state index is 0.0718. The van der Waals surface area contributed by atoms with Crippen molar-refractivity contribution in [1.82, 2.24) is 0 Å². The molecule has 0 bridgehead atoms. The van der Waals surface area contributed by atoms with Crippen molar-refractivity contribution in [3.05, 3.63) is 0 Å². The number of nitrogens with two attached hydrogens (primary N) is 4. The molecule has 0 rings (SSSR count). The number of aliphatic hydroxyl groups is 1. The number of carboxylic acids is 4. The average Bonchev–Trinajstić information content (AvgIpc) is 2.66. The van der Waals surface area contributed by atoms with Gasteiger partial charge in [-0.05, 0) is 25.2 Å². The largest absolute Gasteiger partial charge is 0.480 e. The van der Waals surface area contributed by atoms with Crippen LogP contribution in [0, 0.1) is 11.8 Å². The monoisotopic (exact) mass is 456 g/mol. The molecule has 0 saturated heterocycles. The summed E-state index contributed by atoms with van der Waals surface area (Å²) in [4.78, 5) is 39.5. The first-order valence-corrected chi connectivity index (χ1v) is 9.50. The number of carboxylic acid groups (broad SMARTS) is 4. The fraction of sp³-hybridized carbons (Fsp3) is 0.778. The van der Waals surface area contributed by atoms with Crippen molar-refractivity contribution in [1.29, 1.82) is 0 Å². The third-order valence-electron chi connectivity index (χ3n) is 3.49. The lowest BCUT2D eigenvalue weighted by atomic mass is 10.0. The van der Waals surface area contributed by atoms with Crippen LogP contribution in [0.1, 0.15) is 47.5 Å². The zero-order valence-electron chi connectivity index (χ0n) is 18.8. The van der Waals surface area contributed by atoms with Gasteiger partial charge in [0.2, 0.25) is 0 Å². The average molecular weight is 457 g/mol. The molecule has 0 aromatic heterocycles. The first-order valence-electron chi connectivity index (χ1n) is 9.50. The molecule has 13 N–H and O–H groups in total. The zero-order chi connectivity index (χ0) is 25.9. The van der Waals surface area contributed by atoms with Crippen LogP contribution in [0.3, 0.4) is 0 Å². The molecule has 0 amide bonds. The van der Waals surface area contributed by atoms with Gasteiger partial charge in [0.1, 0.15) is 24.2 Å². The summed E-state index contributed by atoms with van der Waals surface area (Å²) in [7, 11) is 0. The van der Waals surface area contributed by atoms with Gasteiger partial charge in [-0.3, -0.25) is 19.2 Å².